The molecule has 6 heteroatoms. The van der Waals surface area contributed by atoms with Crippen molar-refractivity contribution in [2.45, 2.75) is 76.2 Å². The van der Waals surface area contributed by atoms with Crippen LogP contribution in [0.15, 0.2) is 18.2 Å². The van der Waals surface area contributed by atoms with E-state index in [0.29, 0.717) is 18.6 Å². The molecule has 2 atom stereocenters. The van der Waals surface area contributed by atoms with Crippen LogP contribution in [0.2, 0.25) is 0 Å². The molecule has 25 heavy (non-hydrogen) atoms. The van der Waals surface area contributed by atoms with E-state index in [-0.39, 0.29) is 24.0 Å². The molecule has 6 nitrogen and oxygen atoms in total. The summed E-state index contributed by atoms with van der Waals surface area (Å²) >= 11 is 0. The number of hydrogen-bond acceptors (Lipinski definition) is 5. The molecule has 1 aromatic carbocycles. The molecule has 0 heterocycles. The van der Waals surface area contributed by atoms with Crippen LogP contribution in [0.1, 0.15) is 75.8 Å². The Labute approximate surface area is 148 Å². The Kier molecular flexibility index (Phi) is 6.64. The predicted octanol–water partition coefficient (Wildman–Crippen LogP) is 4.07. The van der Waals surface area contributed by atoms with Crippen LogP contribution in [-0.4, -0.2) is 28.0 Å². The van der Waals surface area contributed by atoms with Crippen LogP contribution in [0, 0.1) is 10.1 Å². The summed E-state index contributed by atoms with van der Waals surface area (Å²) in [6.45, 7) is 4.34. The molecule has 1 aliphatic carbocycles. The van der Waals surface area contributed by atoms with Gasteiger partial charge in [0.25, 0.3) is 5.09 Å². The highest BCUT2D eigenvalue weighted by Gasteiger charge is 2.26. The van der Waals surface area contributed by atoms with Crippen molar-refractivity contribution >= 4 is 0 Å². The quantitative estimate of drug-likeness (QED) is 0.418. The summed E-state index contributed by atoms with van der Waals surface area (Å²) in [5.41, 5.74) is 1.86. The van der Waals surface area contributed by atoms with E-state index in [2.05, 4.69) is 24.8 Å². The molecule has 0 aromatic heterocycles. The number of rotatable bonds is 8. The van der Waals surface area contributed by atoms with E-state index >= 15 is 0 Å². The van der Waals surface area contributed by atoms with Gasteiger partial charge in [0.2, 0.25) is 0 Å². The number of benzene rings is 1. The lowest BCUT2D eigenvalue weighted by molar-refractivity contribution is -0.757. The first kappa shape index (κ1) is 19.5. The first-order valence-electron chi connectivity index (χ1n) is 9.08. The molecular weight excluding hydrogens is 322 g/mol. The van der Waals surface area contributed by atoms with Gasteiger partial charge in [-0.1, -0.05) is 38.8 Å². The molecule has 2 N–H and O–H groups in total. The lowest BCUT2D eigenvalue weighted by Crippen LogP contribution is -2.19. The monoisotopic (exact) mass is 351 g/mol. The zero-order valence-electron chi connectivity index (χ0n) is 15.1. The summed E-state index contributed by atoms with van der Waals surface area (Å²) < 4.78 is 0. The van der Waals surface area contributed by atoms with E-state index in [0.717, 1.165) is 43.2 Å². The maximum absolute atomic E-state index is 10.5. The van der Waals surface area contributed by atoms with Gasteiger partial charge >= 0.3 is 0 Å². The normalized spacial score (nSPS) is 21.1. The molecule has 0 radical (unpaired) electrons. The number of nitrogens with zero attached hydrogens (tertiary/aromatic N) is 1. The highest BCUT2D eigenvalue weighted by atomic mass is 16.9. The molecule has 1 aromatic rings. The van der Waals surface area contributed by atoms with Crippen molar-refractivity contribution in [1.29, 1.82) is 0 Å². The van der Waals surface area contributed by atoms with Gasteiger partial charge in [0.15, 0.2) is 0 Å². The van der Waals surface area contributed by atoms with Gasteiger partial charge in [0, 0.05) is 0 Å². The number of aliphatic hydroxyl groups excluding tert-OH is 1. The Hall–Kier alpha value is -1.82. The third-order valence-corrected chi connectivity index (χ3v) is 5.29. The predicted molar refractivity (Wildman–Crippen MR) is 95.1 cm³/mol. The highest BCUT2D eigenvalue weighted by molar-refractivity contribution is 5.41. The Morgan fingerprint density at radius 1 is 1.32 bits per heavy atom. The van der Waals surface area contributed by atoms with E-state index < -0.39 is 5.09 Å². The largest absolute Gasteiger partial charge is 0.508 e. The van der Waals surface area contributed by atoms with E-state index in [1.54, 1.807) is 0 Å². The Morgan fingerprint density at radius 3 is 2.72 bits per heavy atom. The molecule has 1 fully saturated rings. The Bertz CT molecular complexity index is 587. The summed E-state index contributed by atoms with van der Waals surface area (Å²) in [7, 11) is 0. The van der Waals surface area contributed by atoms with E-state index in [9.17, 15) is 20.3 Å². The Balaban J connectivity index is 1.96. The van der Waals surface area contributed by atoms with Crippen molar-refractivity contribution in [2.75, 3.05) is 6.61 Å². The van der Waals surface area contributed by atoms with Crippen molar-refractivity contribution in [3.63, 3.8) is 0 Å². The van der Waals surface area contributed by atoms with Crippen LogP contribution < -0.4 is 0 Å². The number of unbranched alkanes of at least 4 members (excludes halogenated alkanes) is 1. The fourth-order valence-corrected chi connectivity index (χ4v) is 3.71. The first-order valence-corrected chi connectivity index (χ1v) is 9.08. The second-order valence-electron chi connectivity index (χ2n) is 7.69. The molecular formula is C19H29NO5. The van der Waals surface area contributed by atoms with Crippen molar-refractivity contribution in [3.05, 3.63) is 39.4 Å². The average Bonchev–Trinajstić information content (AvgIpc) is 2.54. The number of aliphatic hydroxyl groups is 1. The minimum atomic E-state index is -0.760. The zero-order chi connectivity index (χ0) is 18.4. The molecule has 0 saturated heterocycles. The molecule has 1 aliphatic rings. The lowest BCUT2D eigenvalue weighted by Gasteiger charge is -2.29. The third-order valence-electron chi connectivity index (χ3n) is 5.29. The average molecular weight is 351 g/mol. The fourth-order valence-electron chi connectivity index (χ4n) is 3.71. The van der Waals surface area contributed by atoms with Gasteiger partial charge in [-0.25, -0.2) is 0 Å². The fraction of sp³-hybridized carbons (Fsp3) is 0.684. The maximum Gasteiger partial charge on any atom is 0.294 e. The molecule has 0 aliphatic heterocycles. The van der Waals surface area contributed by atoms with Crippen molar-refractivity contribution < 1.29 is 20.1 Å². The van der Waals surface area contributed by atoms with E-state index in [4.69, 9.17) is 0 Å². The number of phenolic OH excluding ortho intramolecular Hbond substituents is 1. The van der Waals surface area contributed by atoms with Gasteiger partial charge in [0.1, 0.15) is 5.75 Å². The first-order chi connectivity index (χ1) is 11.8. The molecule has 0 amide bonds. The van der Waals surface area contributed by atoms with E-state index in [1.165, 1.54) is 0 Å². The molecule has 2 unspecified atom stereocenters. The smallest absolute Gasteiger partial charge is 0.294 e. The molecule has 0 bridgehead atoms. The van der Waals surface area contributed by atoms with Gasteiger partial charge in [-0.05, 0) is 60.6 Å². The maximum atomic E-state index is 10.5. The summed E-state index contributed by atoms with van der Waals surface area (Å²) in [4.78, 5) is 14.5. The van der Waals surface area contributed by atoms with Crippen LogP contribution in [0.4, 0.5) is 0 Å². The highest BCUT2D eigenvalue weighted by Crippen LogP contribution is 2.39. The number of aromatic hydroxyl groups is 1. The van der Waals surface area contributed by atoms with Crippen LogP contribution in [0.25, 0.3) is 0 Å². The molecule has 1 saturated carbocycles. The minimum absolute atomic E-state index is 0.122. The Morgan fingerprint density at radius 2 is 2.08 bits per heavy atom. The zero-order valence-corrected chi connectivity index (χ0v) is 15.1. The van der Waals surface area contributed by atoms with Crippen LogP contribution >= 0.6 is 0 Å². The van der Waals surface area contributed by atoms with Crippen LogP contribution in [0.5, 0.6) is 5.75 Å². The van der Waals surface area contributed by atoms with Crippen molar-refractivity contribution in [1.82, 2.24) is 0 Å². The number of hydrogen-bond donors (Lipinski definition) is 2. The summed E-state index contributed by atoms with van der Waals surface area (Å²) in [6, 6.07) is 5.89. The third kappa shape index (κ3) is 5.59. The van der Waals surface area contributed by atoms with Crippen molar-refractivity contribution in [3.8, 4) is 5.75 Å². The second-order valence-corrected chi connectivity index (χ2v) is 7.69. The van der Waals surface area contributed by atoms with Crippen LogP contribution in [-0.2, 0) is 10.3 Å². The second kappa shape index (κ2) is 8.52. The molecule has 0 spiro atoms. The van der Waals surface area contributed by atoms with Crippen LogP contribution in [0.3, 0.4) is 0 Å². The topological polar surface area (TPSA) is 92.8 Å². The molecule has 2 rings (SSSR count). The summed E-state index contributed by atoms with van der Waals surface area (Å²) in [6.07, 6.45) is 5.60. The lowest BCUT2D eigenvalue weighted by atomic mass is 9.77. The van der Waals surface area contributed by atoms with Gasteiger partial charge in [-0.3, -0.25) is 0 Å². The summed E-state index contributed by atoms with van der Waals surface area (Å²) in [5, 5.41) is 29.7. The van der Waals surface area contributed by atoms with Gasteiger partial charge in [0.05, 0.1) is 12.7 Å². The minimum Gasteiger partial charge on any atom is -0.508 e. The summed E-state index contributed by atoms with van der Waals surface area (Å²) in [5.74, 6) is 0.529. The number of phenols is 1. The van der Waals surface area contributed by atoms with Gasteiger partial charge in [-0.2, -0.15) is 0 Å². The SMILES string of the molecule is CC(C)(CCCCO[N+](=O)[O-])c1ccc(C2CCCC(O)C2)c(O)c1. The van der Waals surface area contributed by atoms with Gasteiger partial charge < -0.3 is 15.1 Å². The standard InChI is InChI=1S/C19H29NO5/c1-19(2,10-3-4-11-25-20(23)24)15-8-9-17(18(22)13-15)14-6-5-7-16(21)12-14/h8-9,13-14,16,21-22H,3-7,10-12H2,1-2H3. The van der Waals surface area contributed by atoms with E-state index in [1.807, 2.05) is 12.1 Å². The van der Waals surface area contributed by atoms with Crippen molar-refractivity contribution in [2.24, 2.45) is 0 Å². The molecule has 140 valence electrons. The van der Waals surface area contributed by atoms with Gasteiger partial charge in [-0.15, -0.1) is 10.1 Å².